The lowest BCUT2D eigenvalue weighted by Crippen LogP contribution is -2.47. The third kappa shape index (κ3) is 6.10. The molecule has 0 radical (unpaired) electrons. The molecule has 1 fully saturated rings. The summed E-state index contributed by atoms with van der Waals surface area (Å²) >= 11 is 1.57. The lowest BCUT2D eigenvalue weighted by Gasteiger charge is -2.36. The molecular weight excluding hydrogens is 505 g/mol. The van der Waals surface area contributed by atoms with Gasteiger partial charge in [-0.05, 0) is 60.0 Å². The van der Waals surface area contributed by atoms with Gasteiger partial charge in [0, 0.05) is 54.9 Å². The number of hydrogen-bond donors (Lipinski definition) is 0. The number of carbonyl (C=O) groups is 2. The smallest absolute Gasteiger partial charge is 0.434 e. The first-order valence-corrected chi connectivity index (χ1v) is 14.3. The summed E-state index contributed by atoms with van der Waals surface area (Å²) in [6.45, 7) is 6.62. The van der Waals surface area contributed by atoms with Crippen molar-refractivity contribution in [2.45, 2.75) is 39.0 Å². The molecule has 2 aromatic carbocycles. The number of thiophene rings is 1. The fraction of sp³-hybridized carbons (Fsp3) is 0.448. The Labute approximate surface area is 226 Å². The van der Waals surface area contributed by atoms with Crippen LogP contribution in [0.15, 0.2) is 41.8 Å². The maximum atomic E-state index is 14.2. The number of amides is 1. The van der Waals surface area contributed by atoms with E-state index in [0.717, 1.165) is 84.6 Å². The number of ether oxygens (including phenoxy) is 2. The Morgan fingerprint density at radius 3 is 2.68 bits per heavy atom. The number of carbonyl (C=O) groups excluding carboxylic acids is 2. The highest BCUT2D eigenvalue weighted by atomic mass is 32.1. The fourth-order valence-electron chi connectivity index (χ4n) is 5.12. The van der Waals surface area contributed by atoms with E-state index >= 15 is 0 Å². The number of rotatable bonds is 9. The molecule has 0 saturated carbocycles. The van der Waals surface area contributed by atoms with Gasteiger partial charge in [-0.2, -0.15) is 0 Å². The van der Waals surface area contributed by atoms with Crippen LogP contribution in [0.2, 0.25) is 0 Å². The second kappa shape index (κ2) is 12.1. The van der Waals surface area contributed by atoms with Crippen LogP contribution >= 0.6 is 11.3 Å². The van der Waals surface area contributed by atoms with E-state index in [0.29, 0.717) is 19.4 Å². The van der Waals surface area contributed by atoms with E-state index in [1.165, 1.54) is 0 Å². The number of anilines is 2. The van der Waals surface area contributed by atoms with Crippen molar-refractivity contribution in [1.29, 1.82) is 0 Å². The molecule has 0 N–H and O–H groups in total. The zero-order valence-corrected chi connectivity index (χ0v) is 22.6. The van der Waals surface area contributed by atoms with Crippen molar-refractivity contribution >= 4 is 44.9 Å². The second-order valence-electron chi connectivity index (χ2n) is 9.85. The van der Waals surface area contributed by atoms with Gasteiger partial charge >= 0.3 is 6.16 Å². The number of halogens is 1. The van der Waals surface area contributed by atoms with E-state index in [1.54, 1.807) is 28.4 Å². The van der Waals surface area contributed by atoms with E-state index in [2.05, 4.69) is 34.1 Å². The van der Waals surface area contributed by atoms with Gasteiger partial charge in [-0.3, -0.25) is 14.6 Å². The second-order valence-corrected chi connectivity index (χ2v) is 10.8. The van der Waals surface area contributed by atoms with Gasteiger partial charge in [-0.15, -0.1) is 11.3 Å². The normalized spacial score (nSPS) is 16.1. The molecule has 3 aromatic rings. The third-order valence-corrected chi connectivity index (χ3v) is 8.19. The summed E-state index contributed by atoms with van der Waals surface area (Å²) in [6, 6.07) is 11.6. The number of piperazine rings is 1. The summed E-state index contributed by atoms with van der Waals surface area (Å²) in [6.07, 6.45) is 2.90. The van der Waals surface area contributed by atoms with Crippen LogP contribution in [0.5, 0.6) is 0 Å². The van der Waals surface area contributed by atoms with Crippen LogP contribution < -0.4 is 9.80 Å². The molecular formula is C29H34FN3O4S. The quantitative estimate of drug-likeness (QED) is 0.261. The molecule has 0 spiro atoms. The molecule has 38 heavy (non-hydrogen) atoms. The number of nitrogens with zero attached hydrogens (tertiary/aromatic N) is 3. The lowest BCUT2D eigenvalue weighted by molar-refractivity contribution is -0.119. The van der Waals surface area contributed by atoms with E-state index < -0.39 is 6.16 Å². The molecule has 1 aromatic heterocycles. The molecule has 0 aliphatic carbocycles. The minimum atomic E-state index is -0.744. The van der Waals surface area contributed by atoms with Crippen LogP contribution in [0.3, 0.4) is 0 Å². The Kier molecular flexibility index (Phi) is 8.44. The van der Waals surface area contributed by atoms with Gasteiger partial charge in [0.25, 0.3) is 0 Å². The van der Waals surface area contributed by atoms with E-state index in [-0.39, 0.29) is 18.5 Å². The molecule has 2 aliphatic rings. The monoisotopic (exact) mass is 539 g/mol. The largest absolute Gasteiger partial charge is 0.510 e. The Balaban J connectivity index is 1.16. The van der Waals surface area contributed by atoms with Gasteiger partial charge < -0.3 is 14.4 Å². The minimum absolute atomic E-state index is 0.0517. The highest BCUT2D eigenvalue weighted by Crippen LogP contribution is 2.33. The van der Waals surface area contributed by atoms with E-state index in [9.17, 15) is 14.0 Å². The number of hydrogen-bond acceptors (Lipinski definition) is 7. The van der Waals surface area contributed by atoms with E-state index in [1.807, 2.05) is 12.3 Å². The van der Waals surface area contributed by atoms with Crippen molar-refractivity contribution in [3.63, 3.8) is 0 Å². The van der Waals surface area contributed by atoms with Crippen LogP contribution in [0.4, 0.5) is 20.6 Å². The number of aryl methyl sites for hydroxylation is 1. The summed E-state index contributed by atoms with van der Waals surface area (Å²) in [5, 5.41) is 3.14. The van der Waals surface area contributed by atoms with Gasteiger partial charge in [0.15, 0.2) is 6.73 Å². The molecule has 1 amide bonds. The zero-order chi connectivity index (χ0) is 26.5. The topological polar surface area (TPSA) is 62.3 Å². The maximum absolute atomic E-state index is 14.2. The van der Waals surface area contributed by atoms with Crippen LogP contribution in [-0.4, -0.2) is 63.0 Å². The van der Waals surface area contributed by atoms with E-state index in [4.69, 9.17) is 9.47 Å². The number of fused-ring (bicyclic) bond motifs is 2. The van der Waals surface area contributed by atoms with Gasteiger partial charge in [0.2, 0.25) is 5.91 Å². The van der Waals surface area contributed by atoms with Gasteiger partial charge in [-0.1, -0.05) is 25.5 Å². The summed E-state index contributed by atoms with van der Waals surface area (Å²) in [5.74, 6) is -0.236. The summed E-state index contributed by atoms with van der Waals surface area (Å²) in [5.41, 5.74) is 4.02. The first kappa shape index (κ1) is 26.4. The van der Waals surface area contributed by atoms with Crippen LogP contribution in [0.25, 0.3) is 10.1 Å². The summed E-state index contributed by atoms with van der Waals surface area (Å²) < 4.78 is 25.4. The molecule has 7 nitrogen and oxygen atoms in total. The predicted molar refractivity (Wildman–Crippen MR) is 149 cm³/mol. The SMILES string of the molecule is CCCCOC(=O)OCN1C(=O)CCc2ccc(CCN3CCN(c4cc(F)cc5sccc45)CC3)cc21. The highest BCUT2D eigenvalue weighted by molar-refractivity contribution is 7.17. The Morgan fingerprint density at radius 1 is 1.03 bits per heavy atom. The molecule has 0 unspecified atom stereocenters. The lowest BCUT2D eigenvalue weighted by atomic mass is 9.98. The fourth-order valence-corrected chi connectivity index (χ4v) is 5.95. The number of benzene rings is 2. The van der Waals surface area contributed by atoms with Gasteiger partial charge in [0.1, 0.15) is 5.82 Å². The molecule has 2 aliphatic heterocycles. The Hall–Kier alpha value is -3.17. The highest BCUT2D eigenvalue weighted by Gasteiger charge is 2.26. The molecule has 5 rings (SSSR count). The van der Waals surface area contributed by atoms with Gasteiger partial charge in [0.05, 0.1) is 12.3 Å². The maximum Gasteiger partial charge on any atom is 0.510 e. The van der Waals surface area contributed by atoms with Crippen molar-refractivity contribution in [3.05, 3.63) is 58.7 Å². The molecule has 202 valence electrons. The Morgan fingerprint density at radius 2 is 1.87 bits per heavy atom. The predicted octanol–water partition coefficient (Wildman–Crippen LogP) is 5.60. The van der Waals surface area contributed by atoms with Crippen molar-refractivity contribution in [1.82, 2.24) is 4.90 Å². The molecule has 1 saturated heterocycles. The average Bonchev–Trinajstić information content (AvgIpc) is 3.40. The van der Waals surface area contributed by atoms with Gasteiger partial charge in [-0.25, -0.2) is 9.18 Å². The first-order valence-electron chi connectivity index (χ1n) is 13.4. The Bertz CT molecular complexity index is 1290. The summed E-state index contributed by atoms with van der Waals surface area (Å²) in [7, 11) is 0. The number of unbranched alkanes of at least 4 members (excludes halogenated alkanes) is 1. The van der Waals surface area contributed by atoms with Crippen LogP contribution in [-0.2, 0) is 27.1 Å². The van der Waals surface area contributed by atoms with Crippen molar-refractivity contribution in [3.8, 4) is 0 Å². The first-order chi connectivity index (χ1) is 18.5. The molecule has 9 heteroatoms. The zero-order valence-electron chi connectivity index (χ0n) is 21.8. The minimum Gasteiger partial charge on any atom is -0.434 e. The molecule has 0 atom stereocenters. The van der Waals surface area contributed by atoms with Crippen molar-refractivity contribution in [2.24, 2.45) is 0 Å². The summed E-state index contributed by atoms with van der Waals surface area (Å²) in [4.78, 5) is 30.8. The average molecular weight is 540 g/mol. The molecule has 3 heterocycles. The standard InChI is InChI=1S/C29H34FN3O4S/c1-2-3-15-36-29(35)37-20-33-25-17-21(4-5-22(25)6-7-28(33)34)8-10-31-11-13-32(14-12-31)26-18-23(30)19-27-24(26)9-16-38-27/h4-5,9,16-19H,2-3,6-8,10-15,20H2,1H3. The molecule has 0 bridgehead atoms. The van der Waals surface area contributed by atoms with Crippen molar-refractivity contribution in [2.75, 3.05) is 55.9 Å². The van der Waals surface area contributed by atoms with Crippen LogP contribution in [0, 0.1) is 5.82 Å². The van der Waals surface area contributed by atoms with Crippen molar-refractivity contribution < 1.29 is 23.5 Å². The van der Waals surface area contributed by atoms with Crippen LogP contribution in [0.1, 0.15) is 37.3 Å². The third-order valence-electron chi connectivity index (χ3n) is 7.32.